The Balaban J connectivity index is 1.57. The summed E-state index contributed by atoms with van der Waals surface area (Å²) in [4.78, 5) is 14.5. The van der Waals surface area contributed by atoms with Gasteiger partial charge in [-0.15, -0.1) is 11.3 Å². The Morgan fingerprint density at radius 1 is 1.15 bits per heavy atom. The molecule has 0 amide bonds. The van der Waals surface area contributed by atoms with Crippen molar-refractivity contribution >= 4 is 27.4 Å². The van der Waals surface area contributed by atoms with Crippen LogP contribution in [0.15, 0.2) is 12.4 Å². The molecule has 0 saturated carbocycles. The van der Waals surface area contributed by atoms with Crippen molar-refractivity contribution in [2.24, 2.45) is 5.92 Å². The van der Waals surface area contributed by atoms with Gasteiger partial charge in [-0.05, 0) is 52.1 Å². The number of likely N-dealkylation sites (tertiary alicyclic amines) is 1. The zero-order valence-corrected chi connectivity index (χ0v) is 16.7. The number of alkyl halides is 3. The molecule has 0 N–H and O–H groups in total. The number of nitrogens with zero attached hydrogens (tertiary/aromatic N) is 4. The molecular weight excluding hydrogens is 373 g/mol. The zero-order chi connectivity index (χ0) is 19.4. The van der Waals surface area contributed by atoms with Crippen LogP contribution in [0.2, 0.25) is 0 Å². The Kier molecular flexibility index (Phi) is 4.62. The maximum Gasteiger partial charge on any atom is 0.393 e. The fraction of sp³-hybridized carbons (Fsp3) is 0.684. The monoisotopic (exact) mass is 398 g/mol. The molecular formula is C19H25F3N4S. The number of hydrogen-bond acceptors (Lipinski definition) is 5. The van der Waals surface area contributed by atoms with E-state index >= 15 is 0 Å². The van der Waals surface area contributed by atoms with Gasteiger partial charge in [0.2, 0.25) is 0 Å². The van der Waals surface area contributed by atoms with Crippen molar-refractivity contribution < 1.29 is 13.2 Å². The molecule has 4 rings (SSSR count). The third kappa shape index (κ3) is 3.78. The molecule has 8 heteroatoms. The summed E-state index contributed by atoms with van der Waals surface area (Å²) in [5, 5.41) is 0.755. The molecule has 2 atom stereocenters. The van der Waals surface area contributed by atoms with Crippen LogP contribution in [0.4, 0.5) is 19.0 Å². The molecule has 2 aliphatic heterocycles. The lowest BCUT2D eigenvalue weighted by Gasteiger charge is -2.43. The number of fused-ring (bicyclic) bond motifs is 2. The molecule has 4 heterocycles. The van der Waals surface area contributed by atoms with Gasteiger partial charge in [0.15, 0.2) is 0 Å². The third-order valence-corrected chi connectivity index (χ3v) is 6.77. The summed E-state index contributed by atoms with van der Waals surface area (Å²) in [5.74, 6) is 1.37. The van der Waals surface area contributed by atoms with Crippen LogP contribution in [0.5, 0.6) is 0 Å². The second-order valence-corrected chi connectivity index (χ2v) is 9.75. The molecule has 2 aliphatic rings. The molecule has 2 unspecified atom stereocenters. The summed E-state index contributed by atoms with van der Waals surface area (Å²) in [6.45, 7) is 9.70. The standard InChI is InChI=1S/C19H25F3N4S/c1-18(2,3)26-7-4-12-10-25(6-5-15(12)26)16-14-8-13(9-19(20,21)22)27-17(14)24-11-23-16/h8,11-12,15H,4-7,9-10H2,1-3H3. The van der Waals surface area contributed by atoms with Crippen LogP contribution in [-0.2, 0) is 6.42 Å². The lowest BCUT2D eigenvalue weighted by atomic mass is 9.91. The van der Waals surface area contributed by atoms with Gasteiger partial charge in [-0.2, -0.15) is 13.2 Å². The largest absolute Gasteiger partial charge is 0.393 e. The maximum atomic E-state index is 12.8. The van der Waals surface area contributed by atoms with E-state index in [1.165, 1.54) is 6.33 Å². The van der Waals surface area contributed by atoms with E-state index in [0.717, 1.165) is 55.0 Å². The van der Waals surface area contributed by atoms with Crippen LogP contribution in [0.25, 0.3) is 10.2 Å². The number of aromatic nitrogens is 2. The predicted molar refractivity (Wildman–Crippen MR) is 102 cm³/mol. The minimum atomic E-state index is -4.20. The molecule has 4 nitrogen and oxygen atoms in total. The number of thiophene rings is 1. The molecule has 2 saturated heterocycles. The van der Waals surface area contributed by atoms with Gasteiger partial charge in [-0.3, -0.25) is 4.90 Å². The van der Waals surface area contributed by atoms with E-state index in [-0.39, 0.29) is 5.54 Å². The van der Waals surface area contributed by atoms with Crippen LogP contribution in [0.1, 0.15) is 38.5 Å². The average molecular weight is 398 g/mol. The van der Waals surface area contributed by atoms with Crippen molar-refractivity contribution in [1.29, 1.82) is 0 Å². The second kappa shape index (κ2) is 6.58. The summed E-state index contributed by atoms with van der Waals surface area (Å²) in [7, 11) is 0. The molecule has 0 radical (unpaired) electrons. The molecule has 27 heavy (non-hydrogen) atoms. The Labute approximate surface area is 161 Å². The van der Waals surface area contributed by atoms with Crippen LogP contribution in [0.3, 0.4) is 0 Å². The number of rotatable bonds is 2. The topological polar surface area (TPSA) is 32.3 Å². The Hall–Kier alpha value is -1.41. The lowest BCUT2D eigenvalue weighted by molar-refractivity contribution is -0.126. The second-order valence-electron chi connectivity index (χ2n) is 8.64. The third-order valence-electron chi connectivity index (χ3n) is 5.73. The van der Waals surface area contributed by atoms with Crippen molar-refractivity contribution in [2.45, 2.75) is 57.8 Å². The average Bonchev–Trinajstić information content (AvgIpc) is 3.14. The number of piperidine rings is 1. The number of halogens is 3. The highest BCUT2D eigenvalue weighted by molar-refractivity contribution is 7.18. The first kappa shape index (κ1) is 18.9. The van der Waals surface area contributed by atoms with Crippen molar-refractivity contribution in [2.75, 3.05) is 24.5 Å². The van der Waals surface area contributed by atoms with Gasteiger partial charge >= 0.3 is 6.18 Å². The highest BCUT2D eigenvalue weighted by atomic mass is 32.1. The molecule has 2 aromatic heterocycles. The van der Waals surface area contributed by atoms with Gasteiger partial charge in [0.1, 0.15) is 17.0 Å². The fourth-order valence-corrected chi connectivity index (χ4v) is 5.66. The van der Waals surface area contributed by atoms with Crippen molar-refractivity contribution in [3.05, 3.63) is 17.3 Å². The minimum absolute atomic E-state index is 0.170. The number of anilines is 1. The van der Waals surface area contributed by atoms with Gasteiger partial charge in [0, 0.05) is 29.5 Å². The van der Waals surface area contributed by atoms with E-state index in [1.54, 1.807) is 6.07 Å². The zero-order valence-electron chi connectivity index (χ0n) is 15.9. The van der Waals surface area contributed by atoms with Crippen LogP contribution in [-0.4, -0.2) is 52.3 Å². The first-order chi connectivity index (χ1) is 12.6. The van der Waals surface area contributed by atoms with E-state index in [2.05, 4.69) is 40.5 Å². The summed E-state index contributed by atoms with van der Waals surface area (Å²) in [6.07, 6.45) is -1.40. The molecule has 148 valence electrons. The molecule has 2 fully saturated rings. The molecule has 0 spiro atoms. The van der Waals surface area contributed by atoms with E-state index in [9.17, 15) is 13.2 Å². The van der Waals surface area contributed by atoms with E-state index < -0.39 is 12.6 Å². The summed E-state index contributed by atoms with van der Waals surface area (Å²) in [6, 6.07) is 2.22. The van der Waals surface area contributed by atoms with E-state index in [0.29, 0.717) is 21.7 Å². The maximum absolute atomic E-state index is 12.8. The van der Waals surface area contributed by atoms with Crippen molar-refractivity contribution in [1.82, 2.24) is 14.9 Å². The molecule has 0 aromatic carbocycles. The predicted octanol–water partition coefficient (Wildman–Crippen LogP) is 4.50. The van der Waals surface area contributed by atoms with Crippen molar-refractivity contribution in [3.63, 3.8) is 0 Å². The lowest BCUT2D eigenvalue weighted by Crippen LogP contribution is -2.51. The van der Waals surface area contributed by atoms with Gasteiger partial charge in [-0.1, -0.05) is 0 Å². The number of hydrogen-bond donors (Lipinski definition) is 0. The van der Waals surface area contributed by atoms with Gasteiger partial charge in [0.05, 0.1) is 11.8 Å². The van der Waals surface area contributed by atoms with Gasteiger partial charge in [0.25, 0.3) is 0 Å². The highest BCUT2D eigenvalue weighted by Gasteiger charge is 2.42. The minimum Gasteiger partial charge on any atom is -0.356 e. The van der Waals surface area contributed by atoms with Crippen molar-refractivity contribution in [3.8, 4) is 0 Å². The first-order valence-corrected chi connectivity index (χ1v) is 10.3. The Bertz CT molecular complexity index is 826. The smallest absolute Gasteiger partial charge is 0.356 e. The van der Waals surface area contributed by atoms with Crippen LogP contribution >= 0.6 is 11.3 Å². The summed E-state index contributed by atoms with van der Waals surface area (Å²) >= 11 is 1.12. The molecule has 2 aromatic rings. The van der Waals surface area contributed by atoms with Gasteiger partial charge in [-0.25, -0.2) is 9.97 Å². The van der Waals surface area contributed by atoms with Crippen LogP contribution in [0, 0.1) is 5.92 Å². The molecule has 0 aliphatic carbocycles. The summed E-state index contributed by atoms with van der Waals surface area (Å²) in [5.41, 5.74) is 0.170. The highest BCUT2D eigenvalue weighted by Crippen LogP contribution is 2.39. The van der Waals surface area contributed by atoms with E-state index in [4.69, 9.17) is 0 Å². The first-order valence-electron chi connectivity index (χ1n) is 9.44. The normalized spacial score (nSPS) is 24.6. The Morgan fingerprint density at radius 2 is 1.93 bits per heavy atom. The van der Waals surface area contributed by atoms with Crippen LogP contribution < -0.4 is 4.90 Å². The fourth-order valence-electron chi connectivity index (χ4n) is 4.64. The summed E-state index contributed by atoms with van der Waals surface area (Å²) < 4.78 is 38.3. The van der Waals surface area contributed by atoms with Gasteiger partial charge < -0.3 is 4.90 Å². The quantitative estimate of drug-likeness (QED) is 0.746. The Morgan fingerprint density at radius 3 is 2.63 bits per heavy atom. The van der Waals surface area contributed by atoms with E-state index in [1.807, 2.05) is 0 Å². The molecule has 0 bridgehead atoms. The SMILES string of the molecule is CC(C)(C)N1CCC2CN(c3ncnc4sc(CC(F)(F)F)cc34)CCC21.